The normalized spacial score (nSPS) is 40.0. The summed E-state index contributed by atoms with van der Waals surface area (Å²) in [5.74, 6) is 1.76. The molecule has 1 aliphatic carbocycles. The lowest BCUT2D eigenvalue weighted by Crippen LogP contribution is -2.61. The summed E-state index contributed by atoms with van der Waals surface area (Å²) in [6.45, 7) is 9.08. The second-order valence-corrected chi connectivity index (χ2v) is 6.52. The highest BCUT2D eigenvalue weighted by Crippen LogP contribution is 2.38. The van der Waals surface area contributed by atoms with E-state index in [4.69, 9.17) is 4.74 Å². The Kier molecular flexibility index (Phi) is 3.92. The molecule has 3 heteroatoms. The van der Waals surface area contributed by atoms with Crippen LogP contribution in [0.1, 0.15) is 39.5 Å². The average molecular weight is 252 g/mol. The molecule has 18 heavy (non-hydrogen) atoms. The van der Waals surface area contributed by atoms with Crippen LogP contribution in [0, 0.1) is 11.8 Å². The molecule has 4 atom stereocenters. The largest absolute Gasteiger partial charge is 0.380 e. The Morgan fingerprint density at radius 3 is 2.78 bits per heavy atom. The minimum absolute atomic E-state index is 0.686. The molecule has 3 fully saturated rings. The lowest BCUT2D eigenvalue weighted by atomic mass is 9.93. The van der Waals surface area contributed by atoms with Gasteiger partial charge < -0.3 is 10.1 Å². The molecule has 0 aromatic rings. The predicted molar refractivity (Wildman–Crippen MR) is 73.7 cm³/mol. The van der Waals surface area contributed by atoms with Crippen LogP contribution in [0.25, 0.3) is 0 Å². The summed E-state index contributed by atoms with van der Waals surface area (Å²) in [5.41, 5.74) is 0. The first-order valence-electron chi connectivity index (χ1n) is 7.86. The van der Waals surface area contributed by atoms with E-state index in [9.17, 15) is 0 Å². The number of rotatable bonds is 4. The molecule has 0 bridgehead atoms. The van der Waals surface area contributed by atoms with Crippen LogP contribution in [0.15, 0.2) is 0 Å². The number of piperazine rings is 1. The second kappa shape index (κ2) is 5.48. The fourth-order valence-corrected chi connectivity index (χ4v) is 3.60. The third-order valence-corrected chi connectivity index (χ3v) is 5.29. The molecule has 3 nitrogen and oxygen atoms in total. The minimum Gasteiger partial charge on any atom is -0.380 e. The SMILES string of the molecule is CCC(C)C1CN(C2CCOC2)C(C2CC2)CN1. The Hall–Kier alpha value is -0.120. The van der Waals surface area contributed by atoms with Crippen molar-refractivity contribution in [2.24, 2.45) is 11.8 Å². The maximum atomic E-state index is 5.62. The van der Waals surface area contributed by atoms with E-state index in [0.29, 0.717) is 12.1 Å². The van der Waals surface area contributed by atoms with Crippen LogP contribution in [0.5, 0.6) is 0 Å². The highest BCUT2D eigenvalue weighted by atomic mass is 16.5. The summed E-state index contributed by atoms with van der Waals surface area (Å²) in [6.07, 6.45) is 5.42. The molecule has 0 amide bonds. The Morgan fingerprint density at radius 2 is 2.17 bits per heavy atom. The van der Waals surface area contributed by atoms with Crippen LogP contribution in [0.3, 0.4) is 0 Å². The zero-order chi connectivity index (χ0) is 12.5. The van der Waals surface area contributed by atoms with Crippen molar-refractivity contribution >= 4 is 0 Å². The summed E-state index contributed by atoms with van der Waals surface area (Å²) < 4.78 is 5.62. The molecule has 0 aromatic carbocycles. The van der Waals surface area contributed by atoms with Gasteiger partial charge >= 0.3 is 0 Å². The molecule has 1 saturated carbocycles. The molecule has 2 aliphatic heterocycles. The molecular formula is C15H28N2O. The summed E-state index contributed by atoms with van der Waals surface area (Å²) in [5, 5.41) is 3.81. The smallest absolute Gasteiger partial charge is 0.0622 e. The minimum atomic E-state index is 0.686. The predicted octanol–water partition coefficient (Wildman–Crippen LogP) is 1.87. The zero-order valence-corrected chi connectivity index (χ0v) is 11.9. The standard InChI is InChI=1S/C15H28N2O/c1-3-11(2)14-9-17(13-6-7-18-10-13)15(8-16-14)12-4-5-12/h11-16H,3-10H2,1-2H3. The van der Waals surface area contributed by atoms with Crippen molar-refractivity contribution in [3.8, 4) is 0 Å². The van der Waals surface area contributed by atoms with Gasteiger partial charge in [-0.2, -0.15) is 0 Å². The average Bonchev–Trinajstić information content (AvgIpc) is 3.11. The number of nitrogens with one attached hydrogen (secondary N) is 1. The molecule has 4 unspecified atom stereocenters. The van der Waals surface area contributed by atoms with E-state index in [1.54, 1.807) is 0 Å². The fourth-order valence-electron chi connectivity index (χ4n) is 3.60. The quantitative estimate of drug-likeness (QED) is 0.827. The van der Waals surface area contributed by atoms with Crippen molar-refractivity contribution < 1.29 is 4.74 Å². The van der Waals surface area contributed by atoms with E-state index in [0.717, 1.165) is 31.1 Å². The molecule has 104 valence electrons. The lowest BCUT2D eigenvalue weighted by molar-refractivity contribution is 0.0478. The first-order valence-corrected chi connectivity index (χ1v) is 7.86. The maximum absolute atomic E-state index is 5.62. The van der Waals surface area contributed by atoms with Gasteiger partial charge in [0.05, 0.1) is 6.61 Å². The number of nitrogens with zero attached hydrogens (tertiary/aromatic N) is 1. The molecule has 0 aromatic heterocycles. The Morgan fingerprint density at radius 1 is 1.33 bits per heavy atom. The Bertz CT molecular complexity index is 274. The van der Waals surface area contributed by atoms with Gasteiger partial charge in [-0.1, -0.05) is 20.3 Å². The number of hydrogen-bond donors (Lipinski definition) is 1. The molecule has 2 heterocycles. The van der Waals surface area contributed by atoms with Gasteiger partial charge in [0, 0.05) is 37.8 Å². The van der Waals surface area contributed by atoms with E-state index in [2.05, 4.69) is 24.1 Å². The van der Waals surface area contributed by atoms with E-state index in [1.165, 1.54) is 38.8 Å². The van der Waals surface area contributed by atoms with Crippen LogP contribution in [0.4, 0.5) is 0 Å². The first kappa shape index (κ1) is 12.9. The first-order chi connectivity index (χ1) is 8.79. The summed E-state index contributed by atoms with van der Waals surface area (Å²) in [4.78, 5) is 2.80. The number of ether oxygens (including phenoxy) is 1. The van der Waals surface area contributed by atoms with Crippen molar-refractivity contribution in [1.82, 2.24) is 10.2 Å². The molecule has 0 spiro atoms. The molecule has 2 saturated heterocycles. The van der Waals surface area contributed by atoms with Crippen molar-refractivity contribution in [2.75, 3.05) is 26.3 Å². The molecule has 3 rings (SSSR count). The highest BCUT2D eigenvalue weighted by Gasteiger charge is 2.42. The van der Waals surface area contributed by atoms with Crippen LogP contribution in [0.2, 0.25) is 0 Å². The molecule has 3 aliphatic rings. The van der Waals surface area contributed by atoms with E-state index in [-0.39, 0.29) is 0 Å². The Balaban J connectivity index is 1.67. The monoisotopic (exact) mass is 252 g/mol. The van der Waals surface area contributed by atoms with Gasteiger partial charge in [0.15, 0.2) is 0 Å². The van der Waals surface area contributed by atoms with Gasteiger partial charge in [0.1, 0.15) is 0 Å². The molecule has 1 N–H and O–H groups in total. The summed E-state index contributed by atoms with van der Waals surface area (Å²) >= 11 is 0. The van der Waals surface area contributed by atoms with Crippen LogP contribution < -0.4 is 5.32 Å². The van der Waals surface area contributed by atoms with Gasteiger partial charge in [0.25, 0.3) is 0 Å². The summed E-state index contributed by atoms with van der Waals surface area (Å²) in [7, 11) is 0. The van der Waals surface area contributed by atoms with Crippen molar-refractivity contribution in [3.05, 3.63) is 0 Å². The van der Waals surface area contributed by atoms with Gasteiger partial charge in [-0.05, 0) is 31.1 Å². The second-order valence-electron chi connectivity index (χ2n) is 6.52. The van der Waals surface area contributed by atoms with Crippen molar-refractivity contribution in [1.29, 1.82) is 0 Å². The van der Waals surface area contributed by atoms with E-state index >= 15 is 0 Å². The molecular weight excluding hydrogens is 224 g/mol. The topological polar surface area (TPSA) is 24.5 Å². The zero-order valence-electron chi connectivity index (χ0n) is 11.9. The third-order valence-electron chi connectivity index (χ3n) is 5.29. The van der Waals surface area contributed by atoms with Crippen LogP contribution in [-0.2, 0) is 4.74 Å². The van der Waals surface area contributed by atoms with Gasteiger partial charge in [0.2, 0.25) is 0 Å². The number of hydrogen-bond acceptors (Lipinski definition) is 3. The van der Waals surface area contributed by atoms with Crippen molar-refractivity contribution in [2.45, 2.75) is 57.7 Å². The molecule has 0 radical (unpaired) electrons. The van der Waals surface area contributed by atoms with E-state index in [1.807, 2.05) is 0 Å². The van der Waals surface area contributed by atoms with Crippen LogP contribution in [-0.4, -0.2) is 49.3 Å². The lowest BCUT2D eigenvalue weighted by Gasteiger charge is -2.45. The fraction of sp³-hybridized carbons (Fsp3) is 1.00. The third kappa shape index (κ3) is 2.59. The van der Waals surface area contributed by atoms with Crippen molar-refractivity contribution in [3.63, 3.8) is 0 Å². The van der Waals surface area contributed by atoms with Crippen LogP contribution >= 0.6 is 0 Å². The van der Waals surface area contributed by atoms with Gasteiger partial charge in [-0.15, -0.1) is 0 Å². The van der Waals surface area contributed by atoms with E-state index < -0.39 is 0 Å². The summed E-state index contributed by atoms with van der Waals surface area (Å²) in [6, 6.07) is 2.17. The Labute approximate surface area is 111 Å². The van der Waals surface area contributed by atoms with Gasteiger partial charge in [-0.3, -0.25) is 4.90 Å². The highest BCUT2D eigenvalue weighted by molar-refractivity contribution is 4.98. The van der Waals surface area contributed by atoms with Gasteiger partial charge in [-0.25, -0.2) is 0 Å². The maximum Gasteiger partial charge on any atom is 0.0622 e.